The molecule has 3 rings (SSSR count). The SMILES string of the molecule is CCNC(=NCC1(O)CCCCC1)NC1CC2CCCC(C1)N2C. The van der Waals surface area contributed by atoms with Gasteiger partial charge in [-0.15, -0.1) is 0 Å². The number of nitrogens with one attached hydrogen (secondary N) is 2. The van der Waals surface area contributed by atoms with Crippen molar-refractivity contribution in [3.05, 3.63) is 0 Å². The smallest absolute Gasteiger partial charge is 0.191 e. The van der Waals surface area contributed by atoms with Crippen LogP contribution in [0.3, 0.4) is 0 Å². The fraction of sp³-hybridized carbons (Fsp3) is 0.947. The lowest BCUT2D eigenvalue weighted by Gasteiger charge is -2.47. The summed E-state index contributed by atoms with van der Waals surface area (Å²) in [6.45, 7) is 3.50. The molecule has 1 aliphatic carbocycles. The quantitative estimate of drug-likeness (QED) is 0.544. The molecule has 3 fully saturated rings. The Balaban J connectivity index is 1.58. The molecule has 2 atom stereocenters. The standard InChI is InChI=1S/C19H36N4O/c1-3-20-18(21-14-19(24)10-5-4-6-11-19)22-15-12-16-8-7-9-17(13-15)23(16)2/h15-17,24H,3-14H2,1-2H3,(H2,20,21,22). The van der Waals surface area contributed by atoms with Crippen LogP contribution >= 0.6 is 0 Å². The highest BCUT2D eigenvalue weighted by Crippen LogP contribution is 2.32. The highest BCUT2D eigenvalue weighted by molar-refractivity contribution is 5.80. The number of hydrogen-bond acceptors (Lipinski definition) is 3. The summed E-state index contributed by atoms with van der Waals surface area (Å²) in [7, 11) is 2.29. The number of aliphatic imine (C=N–C) groups is 1. The number of hydrogen-bond donors (Lipinski definition) is 3. The van der Waals surface area contributed by atoms with Gasteiger partial charge >= 0.3 is 0 Å². The maximum atomic E-state index is 10.7. The van der Waals surface area contributed by atoms with Crippen LogP contribution in [0.5, 0.6) is 0 Å². The second-order valence-corrected chi connectivity index (χ2v) is 8.20. The summed E-state index contributed by atoms with van der Waals surface area (Å²) in [4.78, 5) is 7.34. The molecule has 2 saturated heterocycles. The van der Waals surface area contributed by atoms with Gasteiger partial charge in [0.1, 0.15) is 0 Å². The zero-order valence-electron chi connectivity index (χ0n) is 15.6. The van der Waals surface area contributed by atoms with Crippen molar-refractivity contribution in [2.45, 2.75) is 94.9 Å². The number of fused-ring (bicyclic) bond motifs is 2. The minimum atomic E-state index is -0.579. The first kappa shape index (κ1) is 18.0. The first-order valence-corrected chi connectivity index (χ1v) is 10.1. The van der Waals surface area contributed by atoms with Gasteiger partial charge in [-0.1, -0.05) is 25.7 Å². The third-order valence-electron chi connectivity index (χ3n) is 6.34. The summed E-state index contributed by atoms with van der Waals surface area (Å²) in [6, 6.07) is 1.95. The predicted molar refractivity (Wildman–Crippen MR) is 99.4 cm³/mol. The Morgan fingerprint density at radius 3 is 2.42 bits per heavy atom. The predicted octanol–water partition coefficient (Wildman–Crippen LogP) is 2.25. The monoisotopic (exact) mass is 336 g/mol. The van der Waals surface area contributed by atoms with E-state index >= 15 is 0 Å². The second kappa shape index (κ2) is 8.05. The van der Waals surface area contributed by atoms with Gasteiger partial charge in [-0.3, -0.25) is 4.99 Å². The Labute approximate surface area is 147 Å². The van der Waals surface area contributed by atoms with Crippen LogP contribution in [0.15, 0.2) is 4.99 Å². The normalized spacial score (nSPS) is 34.0. The third-order valence-corrected chi connectivity index (χ3v) is 6.34. The summed E-state index contributed by atoms with van der Waals surface area (Å²) in [6.07, 6.45) is 11.8. The highest BCUT2D eigenvalue weighted by Gasteiger charge is 2.36. The average Bonchev–Trinajstić information content (AvgIpc) is 2.55. The van der Waals surface area contributed by atoms with Gasteiger partial charge in [-0.05, 0) is 52.5 Å². The van der Waals surface area contributed by atoms with Gasteiger partial charge < -0.3 is 20.6 Å². The number of nitrogens with zero attached hydrogens (tertiary/aromatic N) is 2. The van der Waals surface area contributed by atoms with E-state index in [4.69, 9.17) is 4.99 Å². The van der Waals surface area contributed by atoms with Crippen LogP contribution in [-0.2, 0) is 0 Å². The third kappa shape index (κ3) is 4.42. The van der Waals surface area contributed by atoms with E-state index in [1.807, 2.05) is 0 Å². The lowest BCUT2D eigenvalue weighted by Crippen LogP contribution is -2.56. The van der Waals surface area contributed by atoms with Crippen molar-refractivity contribution in [1.29, 1.82) is 0 Å². The van der Waals surface area contributed by atoms with Crippen molar-refractivity contribution in [2.75, 3.05) is 20.1 Å². The molecule has 5 heteroatoms. The van der Waals surface area contributed by atoms with E-state index < -0.39 is 5.60 Å². The molecular formula is C19H36N4O. The summed E-state index contributed by atoms with van der Waals surface area (Å²) in [5.74, 6) is 0.893. The first-order chi connectivity index (χ1) is 11.6. The Morgan fingerprint density at radius 2 is 1.79 bits per heavy atom. The Bertz CT molecular complexity index is 419. The number of guanidine groups is 1. The van der Waals surface area contributed by atoms with Crippen molar-refractivity contribution < 1.29 is 5.11 Å². The van der Waals surface area contributed by atoms with E-state index in [2.05, 4.69) is 29.5 Å². The van der Waals surface area contributed by atoms with Gasteiger partial charge in [0.25, 0.3) is 0 Å². The van der Waals surface area contributed by atoms with Crippen LogP contribution in [0.1, 0.15) is 71.1 Å². The maximum absolute atomic E-state index is 10.7. The summed E-state index contributed by atoms with van der Waals surface area (Å²) in [5, 5.41) is 17.7. The van der Waals surface area contributed by atoms with E-state index in [1.165, 1.54) is 38.5 Å². The molecule has 2 heterocycles. The van der Waals surface area contributed by atoms with Crippen LogP contribution < -0.4 is 10.6 Å². The fourth-order valence-electron chi connectivity index (χ4n) is 4.84. The summed E-state index contributed by atoms with van der Waals surface area (Å²) < 4.78 is 0. The van der Waals surface area contributed by atoms with E-state index in [0.717, 1.165) is 50.3 Å². The van der Waals surface area contributed by atoms with Crippen LogP contribution in [0.25, 0.3) is 0 Å². The Morgan fingerprint density at radius 1 is 1.12 bits per heavy atom. The fourth-order valence-corrected chi connectivity index (χ4v) is 4.84. The van der Waals surface area contributed by atoms with E-state index in [-0.39, 0.29) is 0 Å². The lowest BCUT2D eigenvalue weighted by atomic mass is 9.82. The molecule has 3 aliphatic rings. The summed E-state index contributed by atoms with van der Waals surface area (Å²) >= 11 is 0. The molecule has 0 amide bonds. The molecule has 3 N–H and O–H groups in total. The summed E-state index contributed by atoms with van der Waals surface area (Å²) in [5.41, 5.74) is -0.579. The largest absolute Gasteiger partial charge is 0.388 e. The van der Waals surface area contributed by atoms with Gasteiger partial charge in [-0.25, -0.2) is 0 Å². The van der Waals surface area contributed by atoms with Crippen LogP contribution in [0.2, 0.25) is 0 Å². The van der Waals surface area contributed by atoms with E-state index in [1.54, 1.807) is 0 Å². The van der Waals surface area contributed by atoms with Crippen LogP contribution in [-0.4, -0.2) is 59.8 Å². The molecule has 2 aliphatic heterocycles. The first-order valence-electron chi connectivity index (χ1n) is 10.1. The van der Waals surface area contributed by atoms with Gasteiger partial charge in [0.2, 0.25) is 0 Å². The molecule has 1 saturated carbocycles. The molecule has 5 nitrogen and oxygen atoms in total. The molecule has 0 radical (unpaired) electrons. The maximum Gasteiger partial charge on any atom is 0.191 e. The highest BCUT2D eigenvalue weighted by atomic mass is 16.3. The van der Waals surface area contributed by atoms with Gasteiger partial charge in [0, 0.05) is 24.7 Å². The molecule has 0 aromatic carbocycles. The van der Waals surface area contributed by atoms with Crippen molar-refractivity contribution in [2.24, 2.45) is 4.99 Å². The van der Waals surface area contributed by atoms with Crippen LogP contribution in [0, 0.1) is 0 Å². The zero-order valence-corrected chi connectivity index (χ0v) is 15.6. The molecule has 0 aromatic heterocycles. The topological polar surface area (TPSA) is 59.9 Å². The van der Waals surface area contributed by atoms with Gasteiger partial charge in [0.05, 0.1) is 12.1 Å². The van der Waals surface area contributed by atoms with Gasteiger partial charge in [0.15, 0.2) is 5.96 Å². The molecule has 24 heavy (non-hydrogen) atoms. The van der Waals surface area contributed by atoms with Crippen molar-refractivity contribution >= 4 is 5.96 Å². The lowest BCUT2D eigenvalue weighted by molar-refractivity contribution is 0.0130. The Hall–Kier alpha value is -0.810. The second-order valence-electron chi connectivity index (χ2n) is 8.20. The molecule has 2 unspecified atom stereocenters. The average molecular weight is 337 g/mol. The Kier molecular flexibility index (Phi) is 6.03. The molecule has 138 valence electrons. The number of piperidine rings is 2. The minimum absolute atomic E-state index is 0.510. The number of rotatable bonds is 4. The van der Waals surface area contributed by atoms with E-state index in [9.17, 15) is 5.11 Å². The molecule has 0 aromatic rings. The molecular weight excluding hydrogens is 300 g/mol. The van der Waals surface area contributed by atoms with Crippen molar-refractivity contribution in [1.82, 2.24) is 15.5 Å². The molecule has 0 spiro atoms. The zero-order chi connectivity index (χ0) is 17.0. The minimum Gasteiger partial charge on any atom is -0.388 e. The molecule has 2 bridgehead atoms. The van der Waals surface area contributed by atoms with Crippen molar-refractivity contribution in [3.8, 4) is 0 Å². The van der Waals surface area contributed by atoms with Gasteiger partial charge in [-0.2, -0.15) is 0 Å². The number of aliphatic hydroxyl groups is 1. The van der Waals surface area contributed by atoms with E-state index in [0.29, 0.717) is 12.6 Å². The van der Waals surface area contributed by atoms with Crippen LogP contribution in [0.4, 0.5) is 0 Å². The van der Waals surface area contributed by atoms with Crippen molar-refractivity contribution in [3.63, 3.8) is 0 Å².